The van der Waals surface area contributed by atoms with Gasteiger partial charge in [-0.2, -0.15) is 0 Å². The maximum atomic E-state index is 11.9. The molecule has 2 rings (SSSR count). The van der Waals surface area contributed by atoms with E-state index >= 15 is 0 Å². The SMILES string of the molecule is CNCCCNC(=O)C1CC1c1ccccc1C.Cl. The summed E-state index contributed by atoms with van der Waals surface area (Å²) in [6.07, 6.45) is 1.99. The van der Waals surface area contributed by atoms with Crippen LogP contribution in [0.15, 0.2) is 24.3 Å². The smallest absolute Gasteiger partial charge is 0.223 e. The quantitative estimate of drug-likeness (QED) is 0.786. The van der Waals surface area contributed by atoms with Crippen LogP contribution in [0.2, 0.25) is 0 Å². The van der Waals surface area contributed by atoms with Crippen molar-refractivity contribution in [3.8, 4) is 0 Å². The van der Waals surface area contributed by atoms with Gasteiger partial charge in [0.05, 0.1) is 0 Å². The Bertz CT molecular complexity index is 422. The molecular weight excluding hydrogens is 260 g/mol. The first kappa shape index (κ1) is 16.0. The van der Waals surface area contributed by atoms with E-state index in [9.17, 15) is 4.79 Å². The molecule has 1 aromatic carbocycles. The van der Waals surface area contributed by atoms with Gasteiger partial charge >= 0.3 is 0 Å². The van der Waals surface area contributed by atoms with Gasteiger partial charge in [-0.15, -0.1) is 12.4 Å². The molecular formula is C15H23ClN2O. The van der Waals surface area contributed by atoms with E-state index in [0.29, 0.717) is 5.92 Å². The molecule has 0 aromatic heterocycles. The van der Waals surface area contributed by atoms with E-state index in [0.717, 1.165) is 25.9 Å². The minimum Gasteiger partial charge on any atom is -0.356 e. The van der Waals surface area contributed by atoms with Crippen molar-refractivity contribution in [1.29, 1.82) is 0 Å². The first-order chi connectivity index (χ1) is 8.74. The van der Waals surface area contributed by atoms with Crippen LogP contribution in [0.4, 0.5) is 0 Å². The molecule has 3 nitrogen and oxygen atoms in total. The molecule has 1 aliphatic rings. The molecule has 0 bridgehead atoms. The molecule has 0 saturated heterocycles. The molecule has 1 saturated carbocycles. The zero-order valence-electron chi connectivity index (χ0n) is 11.6. The molecule has 1 aliphatic carbocycles. The average molecular weight is 283 g/mol. The largest absolute Gasteiger partial charge is 0.356 e. The Balaban J connectivity index is 0.00000180. The highest BCUT2D eigenvalue weighted by molar-refractivity contribution is 5.85. The Morgan fingerprint density at radius 3 is 2.74 bits per heavy atom. The second-order valence-electron chi connectivity index (χ2n) is 5.05. The van der Waals surface area contributed by atoms with E-state index in [4.69, 9.17) is 0 Å². The molecule has 0 heterocycles. The maximum Gasteiger partial charge on any atom is 0.223 e. The summed E-state index contributed by atoms with van der Waals surface area (Å²) in [7, 11) is 1.93. The summed E-state index contributed by atoms with van der Waals surface area (Å²) in [5.41, 5.74) is 2.64. The fourth-order valence-corrected chi connectivity index (χ4v) is 2.44. The Kier molecular flexibility index (Phi) is 6.32. The Labute approximate surface area is 121 Å². The minimum absolute atomic E-state index is 0. The number of hydrogen-bond donors (Lipinski definition) is 2. The van der Waals surface area contributed by atoms with Gasteiger partial charge in [-0.1, -0.05) is 24.3 Å². The zero-order valence-corrected chi connectivity index (χ0v) is 12.4. The van der Waals surface area contributed by atoms with Crippen LogP contribution in [0.25, 0.3) is 0 Å². The standard InChI is InChI=1S/C15H22N2O.ClH/c1-11-6-3-4-7-12(11)13-10-14(13)15(18)17-9-5-8-16-2;/h3-4,6-7,13-14,16H,5,8-10H2,1-2H3,(H,17,18);1H. The molecule has 0 radical (unpaired) electrons. The molecule has 4 heteroatoms. The lowest BCUT2D eigenvalue weighted by Gasteiger charge is -2.06. The minimum atomic E-state index is 0. The van der Waals surface area contributed by atoms with E-state index < -0.39 is 0 Å². The highest BCUT2D eigenvalue weighted by Crippen LogP contribution is 2.48. The van der Waals surface area contributed by atoms with Crippen LogP contribution in [0.1, 0.15) is 29.9 Å². The molecule has 1 fully saturated rings. The van der Waals surface area contributed by atoms with Crippen molar-refractivity contribution >= 4 is 18.3 Å². The van der Waals surface area contributed by atoms with Crippen LogP contribution in [-0.4, -0.2) is 26.0 Å². The summed E-state index contributed by atoms with van der Waals surface area (Å²) in [5.74, 6) is 0.857. The zero-order chi connectivity index (χ0) is 13.0. The number of aryl methyl sites for hydroxylation is 1. The average Bonchev–Trinajstić information content (AvgIpc) is 3.15. The number of benzene rings is 1. The van der Waals surface area contributed by atoms with Gasteiger partial charge in [-0.25, -0.2) is 0 Å². The lowest BCUT2D eigenvalue weighted by Crippen LogP contribution is -2.28. The molecule has 0 spiro atoms. The molecule has 1 aromatic rings. The summed E-state index contributed by atoms with van der Waals surface area (Å²) in [5, 5.41) is 6.10. The molecule has 1 amide bonds. The Morgan fingerprint density at radius 1 is 1.32 bits per heavy atom. The van der Waals surface area contributed by atoms with Crippen LogP contribution in [0.3, 0.4) is 0 Å². The third kappa shape index (κ3) is 4.22. The first-order valence-corrected chi connectivity index (χ1v) is 6.72. The third-order valence-electron chi connectivity index (χ3n) is 3.62. The first-order valence-electron chi connectivity index (χ1n) is 6.72. The van der Waals surface area contributed by atoms with Crippen LogP contribution >= 0.6 is 12.4 Å². The second-order valence-corrected chi connectivity index (χ2v) is 5.05. The number of nitrogens with one attached hydrogen (secondary N) is 2. The number of carbonyl (C=O) groups is 1. The number of carbonyl (C=O) groups excluding carboxylic acids is 1. The van der Waals surface area contributed by atoms with Crippen molar-refractivity contribution in [2.45, 2.75) is 25.7 Å². The Morgan fingerprint density at radius 2 is 2.05 bits per heavy atom. The fraction of sp³-hybridized carbons (Fsp3) is 0.533. The van der Waals surface area contributed by atoms with E-state index in [1.807, 2.05) is 13.1 Å². The van der Waals surface area contributed by atoms with Gasteiger partial charge in [0.25, 0.3) is 0 Å². The third-order valence-corrected chi connectivity index (χ3v) is 3.62. The highest BCUT2D eigenvalue weighted by atomic mass is 35.5. The molecule has 106 valence electrons. The summed E-state index contributed by atoms with van der Waals surface area (Å²) < 4.78 is 0. The van der Waals surface area contributed by atoms with Crippen molar-refractivity contribution in [2.75, 3.05) is 20.1 Å². The highest BCUT2D eigenvalue weighted by Gasteiger charge is 2.44. The predicted molar refractivity (Wildman–Crippen MR) is 80.8 cm³/mol. The number of halogens is 1. The molecule has 19 heavy (non-hydrogen) atoms. The van der Waals surface area contributed by atoms with Gasteiger partial charge in [-0.3, -0.25) is 4.79 Å². The van der Waals surface area contributed by atoms with E-state index in [2.05, 4.69) is 35.8 Å². The van der Waals surface area contributed by atoms with Gasteiger partial charge in [0.15, 0.2) is 0 Å². The summed E-state index contributed by atoms with van der Waals surface area (Å²) >= 11 is 0. The molecule has 0 aliphatic heterocycles. The second kappa shape index (κ2) is 7.51. The lowest BCUT2D eigenvalue weighted by atomic mass is 10.0. The summed E-state index contributed by atoms with van der Waals surface area (Å²) in [6, 6.07) is 8.38. The van der Waals surface area contributed by atoms with Gasteiger partial charge < -0.3 is 10.6 Å². The summed E-state index contributed by atoms with van der Waals surface area (Å²) in [6.45, 7) is 3.85. The van der Waals surface area contributed by atoms with Gasteiger partial charge in [-0.05, 0) is 50.4 Å². The van der Waals surface area contributed by atoms with Crippen LogP contribution in [-0.2, 0) is 4.79 Å². The van der Waals surface area contributed by atoms with Crippen LogP contribution < -0.4 is 10.6 Å². The van der Waals surface area contributed by atoms with Gasteiger partial charge in [0.2, 0.25) is 5.91 Å². The van der Waals surface area contributed by atoms with Gasteiger partial charge in [0.1, 0.15) is 0 Å². The van der Waals surface area contributed by atoms with Crippen LogP contribution in [0, 0.1) is 12.8 Å². The molecule has 2 atom stereocenters. The van der Waals surface area contributed by atoms with Crippen molar-refractivity contribution in [1.82, 2.24) is 10.6 Å². The molecule has 2 N–H and O–H groups in total. The Hall–Kier alpha value is -1.06. The topological polar surface area (TPSA) is 41.1 Å². The van der Waals surface area contributed by atoms with Crippen molar-refractivity contribution in [3.63, 3.8) is 0 Å². The van der Waals surface area contributed by atoms with Crippen molar-refractivity contribution < 1.29 is 4.79 Å². The monoisotopic (exact) mass is 282 g/mol. The number of amides is 1. The predicted octanol–water partition coefficient (Wildman–Crippen LogP) is 2.25. The fourth-order valence-electron chi connectivity index (χ4n) is 2.44. The maximum absolute atomic E-state index is 11.9. The van der Waals surface area contributed by atoms with Crippen LogP contribution in [0.5, 0.6) is 0 Å². The van der Waals surface area contributed by atoms with Gasteiger partial charge in [0, 0.05) is 12.5 Å². The molecule has 2 unspecified atom stereocenters. The number of rotatable bonds is 6. The lowest BCUT2D eigenvalue weighted by molar-refractivity contribution is -0.122. The normalized spacial score (nSPS) is 20.5. The van der Waals surface area contributed by atoms with Crippen molar-refractivity contribution in [3.05, 3.63) is 35.4 Å². The van der Waals surface area contributed by atoms with Crippen molar-refractivity contribution in [2.24, 2.45) is 5.92 Å². The van der Waals surface area contributed by atoms with E-state index in [-0.39, 0.29) is 24.2 Å². The summed E-state index contributed by atoms with van der Waals surface area (Å²) in [4.78, 5) is 11.9. The van der Waals surface area contributed by atoms with E-state index in [1.165, 1.54) is 11.1 Å². The number of hydrogen-bond acceptors (Lipinski definition) is 2. The van der Waals surface area contributed by atoms with E-state index in [1.54, 1.807) is 0 Å².